The molecule has 2 aromatic rings. The van der Waals surface area contributed by atoms with Crippen molar-refractivity contribution in [3.05, 3.63) is 6.33 Å². The highest BCUT2D eigenvalue weighted by atomic mass is 16.4. The van der Waals surface area contributed by atoms with Crippen molar-refractivity contribution in [2.75, 3.05) is 11.1 Å². The molecule has 0 aliphatic rings. The van der Waals surface area contributed by atoms with Crippen LogP contribution in [0.3, 0.4) is 0 Å². The topological polar surface area (TPSA) is 130 Å². The predicted octanol–water partition coefficient (Wildman–Crippen LogP) is -0.180. The van der Waals surface area contributed by atoms with Gasteiger partial charge in [0.15, 0.2) is 11.5 Å². The van der Waals surface area contributed by atoms with Gasteiger partial charge in [-0.1, -0.05) is 0 Å². The van der Waals surface area contributed by atoms with Gasteiger partial charge in [0.2, 0.25) is 5.95 Å². The molecule has 0 aromatic carbocycles. The molecule has 5 N–H and O–H groups in total. The Hall–Kier alpha value is -2.38. The first-order valence-corrected chi connectivity index (χ1v) is 4.54. The number of nitrogens with one attached hydrogen (secondary N) is 2. The molecule has 1 atom stereocenters. The number of nitrogen functional groups attached to an aromatic ring is 1. The zero-order chi connectivity index (χ0) is 11.7. The normalized spacial score (nSPS) is 12.6. The lowest BCUT2D eigenvalue weighted by Crippen LogP contribution is -2.26. The van der Waals surface area contributed by atoms with Gasteiger partial charge < -0.3 is 21.1 Å². The fraction of sp³-hybridized carbons (Fsp3) is 0.250. The minimum Gasteiger partial charge on any atom is -0.480 e. The van der Waals surface area contributed by atoms with E-state index in [9.17, 15) is 4.79 Å². The van der Waals surface area contributed by atoms with E-state index >= 15 is 0 Å². The van der Waals surface area contributed by atoms with Crippen LogP contribution < -0.4 is 11.1 Å². The van der Waals surface area contributed by atoms with Crippen molar-refractivity contribution in [1.29, 1.82) is 0 Å². The third-order valence-corrected chi connectivity index (χ3v) is 2.03. The Labute approximate surface area is 89.9 Å². The summed E-state index contributed by atoms with van der Waals surface area (Å²) in [7, 11) is 0. The van der Waals surface area contributed by atoms with Crippen molar-refractivity contribution in [1.82, 2.24) is 19.9 Å². The molecule has 0 saturated heterocycles. The minimum absolute atomic E-state index is 0.0414. The summed E-state index contributed by atoms with van der Waals surface area (Å²) in [6.07, 6.45) is 1.44. The van der Waals surface area contributed by atoms with E-state index in [0.29, 0.717) is 17.0 Å². The Kier molecular flexibility index (Phi) is 2.31. The number of aromatic nitrogens is 4. The van der Waals surface area contributed by atoms with Gasteiger partial charge in [0.1, 0.15) is 11.6 Å². The number of nitrogens with two attached hydrogens (primary N) is 1. The van der Waals surface area contributed by atoms with Gasteiger partial charge in [0.25, 0.3) is 0 Å². The third-order valence-electron chi connectivity index (χ3n) is 2.03. The number of carboxylic acids is 1. The number of hydrogen-bond acceptors (Lipinski definition) is 6. The molecule has 8 heteroatoms. The fourth-order valence-electron chi connectivity index (χ4n) is 1.22. The van der Waals surface area contributed by atoms with Crippen molar-refractivity contribution in [2.45, 2.75) is 13.0 Å². The molecule has 2 rings (SSSR count). The fourth-order valence-corrected chi connectivity index (χ4v) is 1.22. The van der Waals surface area contributed by atoms with Gasteiger partial charge in [-0.15, -0.1) is 0 Å². The highest BCUT2D eigenvalue weighted by molar-refractivity contribution is 5.86. The largest absolute Gasteiger partial charge is 0.480 e. The summed E-state index contributed by atoms with van der Waals surface area (Å²) < 4.78 is 0. The molecule has 0 amide bonds. The first kappa shape index (κ1) is 10.1. The molecular formula is C8H10N6O2. The van der Waals surface area contributed by atoms with Crippen molar-refractivity contribution in [3.63, 3.8) is 0 Å². The molecule has 84 valence electrons. The van der Waals surface area contributed by atoms with Crippen molar-refractivity contribution in [3.8, 4) is 0 Å². The molecule has 0 unspecified atom stereocenters. The van der Waals surface area contributed by atoms with Gasteiger partial charge in [0.05, 0.1) is 6.33 Å². The van der Waals surface area contributed by atoms with Crippen LogP contribution in [-0.2, 0) is 4.79 Å². The molecular weight excluding hydrogens is 212 g/mol. The van der Waals surface area contributed by atoms with Crippen LogP contribution in [-0.4, -0.2) is 37.1 Å². The van der Waals surface area contributed by atoms with E-state index in [2.05, 4.69) is 25.3 Å². The number of carbonyl (C=O) groups is 1. The van der Waals surface area contributed by atoms with E-state index in [0.717, 1.165) is 0 Å². The number of carboxylic acid groups (broad SMARTS) is 1. The second-order valence-corrected chi connectivity index (χ2v) is 3.24. The highest BCUT2D eigenvalue weighted by Gasteiger charge is 2.15. The molecule has 0 radical (unpaired) electrons. The van der Waals surface area contributed by atoms with Gasteiger partial charge in [-0.05, 0) is 6.92 Å². The average molecular weight is 222 g/mol. The number of nitrogens with zero attached hydrogens (tertiary/aromatic N) is 3. The van der Waals surface area contributed by atoms with Gasteiger partial charge in [-0.2, -0.15) is 9.97 Å². The van der Waals surface area contributed by atoms with Crippen LogP contribution in [0.2, 0.25) is 0 Å². The van der Waals surface area contributed by atoms with Gasteiger partial charge in [0, 0.05) is 0 Å². The molecule has 0 fully saturated rings. The standard InChI is InChI=1S/C8H10N6O2/c1-3(7(15)16)12-6-4-5(11-2-10-4)13-8(9)14-6/h2-3H,1H3,(H,15,16)(H4,9,10,11,12,13,14)/t3-/m1/s1. The van der Waals surface area contributed by atoms with Crippen LogP contribution in [0.1, 0.15) is 6.92 Å². The molecule has 0 bridgehead atoms. The molecule has 0 aliphatic heterocycles. The van der Waals surface area contributed by atoms with E-state index in [4.69, 9.17) is 10.8 Å². The molecule has 0 saturated carbocycles. The zero-order valence-electron chi connectivity index (χ0n) is 8.43. The molecule has 2 aromatic heterocycles. The van der Waals surface area contributed by atoms with Crippen LogP contribution in [0.15, 0.2) is 6.33 Å². The number of anilines is 2. The second-order valence-electron chi connectivity index (χ2n) is 3.24. The Bertz CT molecular complexity index is 536. The number of aromatic amines is 1. The summed E-state index contributed by atoms with van der Waals surface area (Å²) in [6, 6.07) is -0.777. The van der Waals surface area contributed by atoms with E-state index in [1.807, 2.05) is 0 Å². The van der Waals surface area contributed by atoms with Crippen LogP contribution >= 0.6 is 0 Å². The highest BCUT2D eigenvalue weighted by Crippen LogP contribution is 2.17. The first-order chi connectivity index (χ1) is 7.58. The van der Waals surface area contributed by atoms with Crippen LogP contribution in [0.4, 0.5) is 11.8 Å². The Balaban J connectivity index is 2.42. The predicted molar refractivity (Wildman–Crippen MR) is 56.8 cm³/mol. The lowest BCUT2D eigenvalue weighted by Gasteiger charge is -2.10. The quantitative estimate of drug-likeness (QED) is 0.566. The van der Waals surface area contributed by atoms with Crippen molar-refractivity contribution in [2.24, 2.45) is 0 Å². The van der Waals surface area contributed by atoms with E-state index < -0.39 is 12.0 Å². The Morgan fingerprint density at radius 3 is 3.06 bits per heavy atom. The van der Waals surface area contributed by atoms with Crippen molar-refractivity contribution >= 4 is 28.9 Å². The summed E-state index contributed by atoms with van der Waals surface area (Å²) >= 11 is 0. The maximum Gasteiger partial charge on any atom is 0.325 e. The number of aliphatic carboxylic acids is 1. The number of rotatable bonds is 3. The van der Waals surface area contributed by atoms with Crippen LogP contribution in [0.5, 0.6) is 0 Å². The Morgan fingerprint density at radius 1 is 1.62 bits per heavy atom. The zero-order valence-corrected chi connectivity index (χ0v) is 8.43. The number of H-pyrrole nitrogens is 1. The number of fused-ring (bicyclic) bond motifs is 1. The summed E-state index contributed by atoms with van der Waals surface area (Å²) in [4.78, 5) is 25.2. The van der Waals surface area contributed by atoms with Gasteiger partial charge in [-0.3, -0.25) is 4.79 Å². The van der Waals surface area contributed by atoms with Gasteiger partial charge in [-0.25, -0.2) is 4.98 Å². The second kappa shape index (κ2) is 3.65. The monoisotopic (exact) mass is 222 g/mol. The van der Waals surface area contributed by atoms with Crippen LogP contribution in [0, 0.1) is 0 Å². The smallest absolute Gasteiger partial charge is 0.325 e. The van der Waals surface area contributed by atoms with E-state index in [1.54, 1.807) is 0 Å². The number of imidazole rings is 1. The summed E-state index contributed by atoms with van der Waals surface area (Å²) in [6.45, 7) is 1.50. The average Bonchev–Trinajstić information content (AvgIpc) is 2.65. The van der Waals surface area contributed by atoms with Crippen LogP contribution in [0.25, 0.3) is 11.2 Å². The third kappa shape index (κ3) is 1.72. The first-order valence-electron chi connectivity index (χ1n) is 4.54. The lowest BCUT2D eigenvalue weighted by molar-refractivity contribution is -0.137. The van der Waals surface area contributed by atoms with Gasteiger partial charge >= 0.3 is 5.97 Å². The molecule has 2 heterocycles. The Morgan fingerprint density at radius 2 is 2.38 bits per heavy atom. The summed E-state index contributed by atoms with van der Waals surface area (Å²) in [5, 5.41) is 11.5. The summed E-state index contributed by atoms with van der Waals surface area (Å²) in [5.41, 5.74) is 6.40. The SMILES string of the molecule is C[C@@H](Nc1nc(N)nc2nc[nH]c12)C(=O)O. The van der Waals surface area contributed by atoms with Crippen molar-refractivity contribution < 1.29 is 9.90 Å². The lowest BCUT2D eigenvalue weighted by atomic mass is 10.3. The summed E-state index contributed by atoms with van der Waals surface area (Å²) in [5.74, 6) is -0.612. The minimum atomic E-state index is -0.982. The molecule has 8 nitrogen and oxygen atoms in total. The molecule has 16 heavy (non-hydrogen) atoms. The number of hydrogen-bond donors (Lipinski definition) is 4. The van der Waals surface area contributed by atoms with E-state index in [1.165, 1.54) is 13.3 Å². The maximum atomic E-state index is 10.7. The van der Waals surface area contributed by atoms with E-state index in [-0.39, 0.29) is 5.95 Å². The maximum absolute atomic E-state index is 10.7. The molecule has 0 aliphatic carbocycles. The molecule has 0 spiro atoms.